The summed E-state index contributed by atoms with van der Waals surface area (Å²) in [6.45, 7) is 1.81. The van der Waals surface area contributed by atoms with Gasteiger partial charge in [0.25, 0.3) is 16.0 Å². The molecule has 0 radical (unpaired) electrons. The van der Waals surface area contributed by atoms with E-state index in [0.29, 0.717) is 28.5 Å². The number of nitrogens with zero attached hydrogens (tertiary/aromatic N) is 2. The van der Waals surface area contributed by atoms with Crippen LogP contribution >= 0.6 is 23.2 Å². The molecular weight excluding hydrogens is 553 g/mol. The molecule has 0 spiro atoms. The van der Waals surface area contributed by atoms with Crippen LogP contribution in [0, 0.1) is 0 Å². The highest BCUT2D eigenvalue weighted by molar-refractivity contribution is 7.86. The number of carbonyl (C=O) groups excluding carboxylic acids is 1. The Bertz CT molecular complexity index is 1710. The van der Waals surface area contributed by atoms with Gasteiger partial charge in [0, 0.05) is 16.5 Å². The van der Waals surface area contributed by atoms with E-state index in [0.717, 1.165) is 6.07 Å². The van der Waals surface area contributed by atoms with Crippen molar-refractivity contribution in [2.24, 2.45) is 10.2 Å². The number of aromatic hydroxyl groups is 1. The monoisotopic (exact) mass is 573 g/mol. The van der Waals surface area contributed by atoms with Crippen molar-refractivity contribution in [1.82, 2.24) is 0 Å². The van der Waals surface area contributed by atoms with Gasteiger partial charge in [0.05, 0.1) is 23.4 Å². The smallest absolute Gasteiger partial charge is 0.296 e. The molecule has 0 saturated carbocycles. The van der Waals surface area contributed by atoms with Gasteiger partial charge in [0.2, 0.25) is 0 Å². The molecule has 0 unspecified atom stereocenters. The lowest BCUT2D eigenvalue weighted by Crippen LogP contribution is -2.12. The predicted octanol–water partition coefficient (Wildman–Crippen LogP) is 7.34. The molecule has 4 aromatic carbocycles. The van der Waals surface area contributed by atoms with Crippen molar-refractivity contribution in [2.45, 2.75) is 18.2 Å². The first-order valence-corrected chi connectivity index (χ1v) is 13.3. The molecule has 0 aliphatic carbocycles. The van der Waals surface area contributed by atoms with E-state index in [1.54, 1.807) is 36.4 Å². The molecule has 1 amide bonds. The SMILES string of the molecule is CCc1cc(N=Nc2c(O)c(C(=O)Nc3cc(OC)ccc3Cl)cc3ccccc23)c(S(=O)(=O)O)cc1Cl. The van der Waals surface area contributed by atoms with Crippen LogP contribution in [-0.2, 0) is 16.5 Å². The fraction of sp³-hybridized carbons (Fsp3) is 0.115. The van der Waals surface area contributed by atoms with Crippen LogP contribution in [0.4, 0.5) is 17.1 Å². The highest BCUT2D eigenvalue weighted by Crippen LogP contribution is 2.41. The molecule has 0 saturated heterocycles. The number of phenols is 1. The van der Waals surface area contributed by atoms with E-state index in [-0.39, 0.29) is 32.7 Å². The number of methoxy groups -OCH3 is 1. The molecule has 0 fully saturated rings. The molecule has 4 aromatic rings. The summed E-state index contributed by atoms with van der Waals surface area (Å²) in [4.78, 5) is 12.6. The first-order chi connectivity index (χ1) is 18.0. The minimum atomic E-state index is -4.69. The van der Waals surface area contributed by atoms with Gasteiger partial charge in [-0.3, -0.25) is 9.35 Å². The second-order valence-corrected chi connectivity index (χ2v) is 10.3. The van der Waals surface area contributed by atoms with Crippen molar-refractivity contribution in [3.8, 4) is 11.5 Å². The molecule has 0 aliphatic heterocycles. The third-order valence-corrected chi connectivity index (χ3v) is 7.27. The number of ether oxygens (including phenoxy) is 1. The Morgan fingerprint density at radius 2 is 1.76 bits per heavy atom. The van der Waals surface area contributed by atoms with Crippen molar-refractivity contribution >= 4 is 67.1 Å². The lowest BCUT2D eigenvalue weighted by atomic mass is 10.0. The van der Waals surface area contributed by atoms with E-state index in [1.807, 2.05) is 6.92 Å². The van der Waals surface area contributed by atoms with Crippen LogP contribution in [0.25, 0.3) is 10.8 Å². The molecule has 38 heavy (non-hydrogen) atoms. The first kappa shape index (κ1) is 27.3. The normalized spacial score (nSPS) is 11.7. The summed E-state index contributed by atoms with van der Waals surface area (Å²) in [7, 11) is -3.22. The van der Waals surface area contributed by atoms with Gasteiger partial charge >= 0.3 is 0 Å². The largest absolute Gasteiger partial charge is 0.505 e. The van der Waals surface area contributed by atoms with Crippen LogP contribution < -0.4 is 10.1 Å². The Balaban J connectivity index is 1.85. The van der Waals surface area contributed by atoms with E-state index < -0.39 is 26.7 Å². The van der Waals surface area contributed by atoms with Crippen LogP contribution in [0.3, 0.4) is 0 Å². The van der Waals surface area contributed by atoms with Crippen molar-refractivity contribution in [3.63, 3.8) is 0 Å². The number of rotatable bonds is 7. The Hall–Kier alpha value is -3.70. The summed E-state index contributed by atoms with van der Waals surface area (Å²) in [6, 6.07) is 15.5. The predicted molar refractivity (Wildman–Crippen MR) is 146 cm³/mol. The number of carbonyl (C=O) groups is 1. The number of amides is 1. The molecule has 196 valence electrons. The lowest BCUT2D eigenvalue weighted by molar-refractivity contribution is 0.102. The zero-order valence-electron chi connectivity index (χ0n) is 20.1. The second-order valence-electron chi connectivity index (χ2n) is 8.08. The molecule has 0 bridgehead atoms. The van der Waals surface area contributed by atoms with Gasteiger partial charge in [-0.25, -0.2) is 0 Å². The van der Waals surface area contributed by atoms with E-state index in [2.05, 4.69) is 15.5 Å². The van der Waals surface area contributed by atoms with E-state index in [1.165, 1.54) is 25.3 Å². The van der Waals surface area contributed by atoms with Gasteiger partial charge in [0.1, 0.15) is 22.0 Å². The number of hydrogen-bond acceptors (Lipinski definition) is 7. The fourth-order valence-electron chi connectivity index (χ4n) is 3.76. The number of anilines is 1. The van der Waals surface area contributed by atoms with Gasteiger partial charge in [0.15, 0.2) is 5.75 Å². The first-order valence-electron chi connectivity index (χ1n) is 11.1. The number of azo groups is 1. The van der Waals surface area contributed by atoms with Gasteiger partial charge in [-0.05, 0) is 47.7 Å². The van der Waals surface area contributed by atoms with Gasteiger partial charge in [-0.15, -0.1) is 10.2 Å². The molecular formula is C26H21Cl2N3O6S. The zero-order chi connectivity index (χ0) is 27.6. The molecule has 4 rings (SSSR count). The Labute approximate surface area is 228 Å². The summed E-state index contributed by atoms with van der Waals surface area (Å²) >= 11 is 12.3. The average molecular weight is 574 g/mol. The molecule has 12 heteroatoms. The van der Waals surface area contributed by atoms with Crippen molar-refractivity contribution < 1.29 is 27.6 Å². The Kier molecular flexibility index (Phi) is 7.89. The van der Waals surface area contributed by atoms with Crippen LogP contribution in [0.2, 0.25) is 10.0 Å². The highest BCUT2D eigenvalue weighted by Gasteiger charge is 2.21. The van der Waals surface area contributed by atoms with E-state index >= 15 is 0 Å². The second kappa shape index (κ2) is 11.0. The number of halogens is 2. The summed E-state index contributed by atoms with van der Waals surface area (Å²) in [6.07, 6.45) is 0.462. The quantitative estimate of drug-likeness (QED) is 0.156. The van der Waals surface area contributed by atoms with Crippen molar-refractivity contribution in [2.75, 3.05) is 12.4 Å². The molecule has 0 atom stereocenters. The molecule has 0 aromatic heterocycles. The number of hydrogen-bond donors (Lipinski definition) is 3. The summed E-state index contributed by atoms with van der Waals surface area (Å²) in [5, 5.41) is 23.3. The topological polar surface area (TPSA) is 138 Å². The standard InChI is InChI=1S/C26H21Cl2N3O6S/c1-3-14-11-22(23(13-20(14)28)38(34,35)36)30-31-24-17-7-5-4-6-15(17)10-18(25(24)32)26(33)29-21-12-16(37-2)8-9-19(21)27/h4-13,32H,3H2,1-2H3,(H,29,33)(H,34,35,36). The summed E-state index contributed by atoms with van der Waals surface area (Å²) in [5.74, 6) is -0.716. The molecule has 9 nitrogen and oxygen atoms in total. The van der Waals surface area contributed by atoms with Crippen LogP contribution in [0.15, 0.2) is 75.8 Å². The molecule has 0 heterocycles. The minimum absolute atomic E-state index is 0.0840. The number of nitrogens with one attached hydrogen (secondary N) is 1. The van der Waals surface area contributed by atoms with E-state index in [4.69, 9.17) is 27.9 Å². The summed E-state index contributed by atoms with van der Waals surface area (Å²) in [5.41, 5.74) is 0.439. The van der Waals surface area contributed by atoms with Crippen LogP contribution in [-0.4, -0.2) is 31.1 Å². The Morgan fingerprint density at radius 3 is 2.45 bits per heavy atom. The zero-order valence-corrected chi connectivity index (χ0v) is 22.4. The van der Waals surface area contributed by atoms with Crippen molar-refractivity contribution in [1.29, 1.82) is 0 Å². The van der Waals surface area contributed by atoms with Crippen LogP contribution in [0.5, 0.6) is 11.5 Å². The maximum Gasteiger partial charge on any atom is 0.296 e. The number of phenolic OH excluding ortho intramolecular Hbond substituents is 1. The number of benzene rings is 4. The molecule has 3 N–H and O–H groups in total. The lowest BCUT2D eigenvalue weighted by Gasteiger charge is -2.13. The third-order valence-electron chi connectivity index (χ3n) is 5.71. The maximum absolute atomic E-state index is 13.2. The fourth-order valence-corrected chi connectivity index (χ4v) is 4.91. The summed E-state index contributed by atoms with van der Waals surface area (Å²) < 4.78 is 38.8. The van der Waals surface area contributed by atoms with Gasteiger partial charge in [-0.1, -0.05) is 54.4 Å². The van der Waals surface area contributed by atoms with Gasteiger partial charge in [-0.2, -0.15) is 8.42 Å². The maximum atomic E-state index is 13.2. The number of aryl methyl sites for hydroxylation is 1. The highest BCUT2D eigenvalue weighted by atomic mass is 35.5. The minimum Gasteiger partial charge on any atom is -0.505 e. The Morgan fingerprint density at radius 1 is 1.03 bits per heavy atom. The van der Waals surface area contributed by atoms with Crippen molar-refractivity contribution in [3.05, 3.63) is 81.8 Å². The van der Waals surface area contributed by atoms with Crippen LogP contribution in [0.1, 0.15) is 22.8 Å². The average Bonchev–Trinajstić information content (AvgIpc) is 2.88. The third kappa shape index (κ3) is 5.58. The molecule has 0 aliphatic rings. The van der Waals surface area contributed by atoms with Gasteiger partial charge < -0.3 is 15.2 Å². The van der Waals surface area contributed by atoms with E-state index in [9.17, 15) is 22.9 Å². The number of fused-ring (bicyclic) bond motifs is 1.